The van der Waals surface area contributed by atoms with Gasteiger partial charge < -0.3 is 20.4 Å². The van der Waals surface area contributed by atoms with Crippen molar-refractivity contribution in [3.8, 4) is 0 Å². The summed E-state index contributed by atoms with van der Waals surface area (Å²) < 4.78 is 0. The van der Waals surface area contributed by atoms with Crippen LogP contribution >= 0.6 is 11.8 Å². The van der Waals surface area contributed by atoms with Gasteiger partial charge in [-0.1, -0.05) is 0 Å². The van der Waals surface area contributed by atoms with Crippen LogP contribution in [0.5, 0.6) is 0 Å². The van der Waals surface area contributed by atoms with E-state index in [0.717, 1.165) is 24.6 Å². The van der Waals surface area contributed by atoms with Gasteiger partial charge in [-0.15, -0.1) is 0 Å². The van der Waals surface area contributed by atoms with Crippen molar-refractivity contribution in [2.75, 3.05) is 37.7 Å². The van der Waals surface area contributed by atoms with E-state index in [-0.39, 0.29) is 19.2 Å². The summed E-state index contributed by atoms with van der Waals surface area (Å²) in [7, 11) is 0. The highest BCUT2D eigenvalue weighted by molar-refractivity contribution is 7.99. The van der Waals surface area contributed by atoms with Gasteiger partial charge in [-0.2, -0.15) is 11.8 Å². The molecule has 0 radical (unpaired) electrons. The van der Waals surface area contributed by atoms with Crippen molar-refractivity contribution in [1.82, 2.24) is 10.2 Å². The fraction of sp³-hybridized carbons (Fsp3) is 0.875. The molecule has 14 heavy (non-hydrogen) atoms. The minimum absolute atomic E-state index is 0.110. The number of hydrogen-bond acceptors (Lipinski definition) is 4. The van der Waals surface area contributed by atoms with Gasteiger partial charge in [0.1, 0.15) is 0 Å². The van der Waals surface area contributed by atoms with E-state index in [2.05, 4.69) is 5.32 Å². The van der Waals surface area contributed by atoms with Crippen LogP contribution in [0.4, 0.5) is 4.79 Å². The summed E-state index contributed by atoms with van der Waals surface area (Å²) in [4.78, 5) is 13.2. The maximum absolute atomic E-state index is 11.4. The molecule has 5 nitrogen and oxygen atoms in total. The van der Waals surface area contributed by atoms with Crippen molar-refractivity contribution in [2.24, 2.45) is 0 Å². The first-order valence-corrected chi connectivity index (χ1v) is 5.79. The molecule has 0 bridgehead atoms. The average molecular weight is 220 g/mol. The number of aliphatic hydroxyl groups is 2. The van der Waals surface area contributed by atoms with E-state index in [1.54, 1.807) is 4.90 Å². The van der Waals surface area contributed by atoms with Crippen LogP contribution in [0.3, 0.4) is 0 Å². The van der Waals surface area contributed by atoms with Gasteiger partial charge in [0.25, 0.3) is 0 Å². The minimum Gasteiger partial charge on any atom is -0.394 e. The Balaban J connectivity index is 2.19. The van der Waals surface area contributed by atoms with Crippen molar-refractivity contribution in [2.45, 2.75) is 6.10 Å². The lowest BCUT2D eigenvalue weighted by Gasteiger charge is -2.26. The molecular formula is C8H16N2O3S. The molecule has 1 unspecified atom stereocenters. The van der Waals surface area contributed by atoms with Crippen LogP contribution in [0.1, 0.15) is 0 Å². The van der Waals surface area contributed by atoms with Crippen LogP contribution in [0.15, 0.2) is 0 Å². The third-order valence-electron chi connectivity index (χ3n) is 2.00. The Kier molecular flexibility index (Phi) is 5.06. The Morgan fingerprint density at radius 1 is 1.50 bits per heavy atom. The Labute approximate surface area is 87.5 Å². The number of carbonyl (C=O) groups excluding carboxylic acids is 1. The highest BCUT2D eigenvalue weighted by Gasteiger charge is 2.16. The lowest BCUT2D eigenvalue weighted by atomic mass is 10.4. The molecule has 0 aromatic heterocycles. The Morgan fingerprint density at radius 2 is 2.14 bits per heavy atom. The maximum atomic E-state index is 11.4. The Morgan fingerprint density at radius 3 is 2.71 bits per heavy atom. The Hall–Kier alpha value is -0.460. The summed E-state index contributed by atoms with van der Waals surface area (Å²) in [5.41, 5.74) is 0. The monoisotopic (exact) mass is 220 g/mol. The number of urea groups is 1. The topological polar surface area (TPSA) is 72.8 Å². The largest absolute Gasteiger partial charge is 0.394 e. The maximum Gasteiger partial charge on any atom is 0.317 e. The van der Waals surface area contributed by atoms with E-state index in [0.29, 0.717) is 0 Å². The van der Waals surface area contributed by atoms with Gasteiger partial charge in [-0.25, -0.2) is 4.79 Å². The summed E-state index contributed by atoms with van der Waals surface area (Å²) in [5.74, 6) is 1.94. The first-order chi connectivity index (χ1) is 6.74. The Bertz CT molecular complexity index is 185. The van der Waals surface area contributed by atoms with Crippen LogP contribution < -0.4 is 5.32 Å². The van der Waals surface area contributed by atoms with Crippen LogP contribution in [0, 0.1) is 0 Å². The lowest BCUT2D eigenvalue weighted by molar-refractivity contribution is 0.0941. The molecule has 82 valence electrons. The van der Waals surface area contributed by atoms with Crippen LogP contribution in [0.2, 0.25) is 0 Å². The molecule has 1 atom stereocenters. The molecule has 1 aliphatic heterocycles. The zero-order valence-corrected chi connectivity index (χ0v) is 8.79. The zero-order chi connectivity index (χ0) is 10.4. The number of aliphatic hydroxyl groups excluding tert-OH is 2. The molecule has 1 saturated heterocycles. The molecule has 3 N–H and O–H groups in total. The molecule has 0 aromatic rings. The quantitative estimate of drug-likeness (QED) is 0.576. The smallest absolute Gasteiger partial charge is 0.317 e. The van der Waals surface area contributed by atoms with Crippen molar-refractivity contribution in [3.63, 3.8) is 0 Å². The number of hydrogen-bond donors (Lipinski definition) is 3. The van der Waals surface area contributed by atoms with E-state index in [1.165, 1.54) is 0 Å². The molecule has 0 aliphatic carbocycles. The number of rotatable bonds is 3. The highest BCUT2D eigenvalue weighted by atomic mass is 32.2. The van der Waals surface area contributed by atoms with Gasteiger partial charge >= 0.3 is 6.03 Å². The van der Waals surface area contributed by atoms with E-state index >= 15 is 0 Å². The molecule has 1 fully saturated rings. The van der Waals surface area contributed by atoms with E-state index in [4.69, 9.17) is 10.2 Å². The highest BCUT2D eigenvalue weighted by Crippen LogP contribution is 2.08. The molecule has 0 spiro atoms. The third-order valence-corrected chi connectivity index (χ3v) is 2.94. The fourth-order valence-corrected chi connectivity index (χ4v) is 2.05. The van der Waals surface area contributed by atoms with Crippen molar-refractivity contribution in [3.05, 3.63) is 0 Å². The summed E-state index contributed by atoms with van der Waals surface area (Å²) in [6.45, 7) is 1.30. The summed E-state index contributed by atoms with van der Waals surface area (Å²) >= 11 is 1.83. The van der Waals surface area contributed by atoms with Gasteiger partial charge in [0, 0.05) is 31.1 Å². The van der Waals surface area contributed by atoms with Crippen LogP contribution in [0.25, 0.3) is 0 Å². The molecule has 1 heterocycles. The van der Waals surface area contributed by atoms with E-state index < -0.39 is 6.10 Å². The van der Waals surface area contributed by atoms with Gasteiger partial charge in [0.05, 0.1) is 12.7 Å². The normalized spacial score (nSPS) is 19.1. The zero-order valence-electron chi connectivity index (χ0n) is 7.98. The molecule has 1 aliphatic rings. The average Bonchev–Trinajstić information content (AvgIpc) is 2.26. The summed E-state index contributed by atoms with van der Waals surface area (Å²) in [6, 6.07) is -0.155. The van der Waals surface area contributed by atoms with Crippen LogP contribution in [-0.4, -0.2) is 65.0 Å². The molecule has 2 amide bonds. The molecule has 1 rings (SSSR count). The summed E-state index contributed by atoms with van der Waals surface area (Å²) in [5, 5.41) is 20.1. The third kappa shape index (κ3) is 3.73. The second kappa shape index (κ2) is 6.10. The lowest BCUT2D eigenvalue weighted by Crippen LogP contribution is -2.46. The molecule has 0 aromatic carbocycles. The molecular weight excluding hydrogens is 204 g/mol. The van der Waals surface area contributed by atoms with Crippen molar-refractivity contribution < 1.29 is 15.0 Å². The van der Waals surface area contributed by atoms with Gasteiger partial charge in [0.2, 0.25) is 0 Å². The predicted molar refractivity (Wildman–Crippen MR) is 55.4 cm³/mol. The standard InChI is InChI=1S/C8H16N2O3S/c11-6-7(12)5-9-8(13)10-1-3-14-4-2-10/h7,11-12H,1-6H2,(H,9,13). The first kappa shape index (κ1) is 11.6. The summed E-state index contributed by atoms with van der Waals surface area (Å²) in [6.07, 6.45) is -0.863. The fourth-order valence-electron chi connectivity index (χ4n) is 1.15. The number of nitrogens with zero attached hydrogens (tertiary/aromatic N) is 1. The first-order valence-electron chi connectivity index (χ1n) is 4.63. The number of nitrogens with one attached hydrogen (secondary N) is 1. The molecule has 6 heteroatoms. The van der Waals surface area contributed by atoms with Gasteiger partial charge in [-0.05, 0) is 0 Å². The second-order valence-electron chi connectivity index (χ2n) is 3.12. The van der Waals surface area contributed by atoms with Crippen LogP contribution in [-0.2, 0) is 0 Å². The van der Waals surface area contributed by atoms with E-state index in [9.17, 15) is 4.79 Å². The van der Waals surface area contributed by atoms with Gasteiger partial charge in [0.15, 0.2) is 0 Å². The predicted octanol–water partition coefficient (Wildman–Crippen LogP) is -0.902. The number of thioether (sulfide) groups is 1. The number of amides is 2. The SMILES string of the molecule is O=C(NCC(O)CO)N1CCSCC1. The van der Waals surface area contributed by atoms with Crippen molar-refractivity contribution >= 4 is 17.8 Å². The second-order valence-corrected chi connectivity index (χ2v) is 4.35. The van der Waals surface area contributed by atoms with Gasteiger partial charge in [-0.3, -0.25) is 0 Å². The molecule has 0 saturated carbocycles. The minimum atomic E-state index is -0.863. The van der Waals surface area contributed by atoms with E-state index in [1.807, 2.05) is 11.8 Å². The number of carbonyl (C=O) groups is 1. The van der Waals surface area contributed by atoms with Crippen molar-refractivity contribution in [1.29, 1.82) is 0 Å².